The molecule has 1 saturated heterocycles. The third-order valence-corrected chi connectivity index (χ3v) is 7.12. The maximum absolute atomic E-state index is 16.4. The number of hydrogen-bond donors (Lipinski definition) is 2. The Kier molecular flexibility index (Phi) is 7.76. The first-order chi connectivity index (χ1) is 19.8. The molecule has 1 fully saturated rings. The first kappa shape index (κ1) is 28.2. The van der Waals surface area contributed by atoms with Crippen molar-refractivity contribution in [2.45, 2.75) is 30.0 Å². The molecule has 0 amide bonds. The average molecular weight is 567 g/mol. The molecule has 2 N–H and O–H groups in total. The standard InChI is InChI=1S/C30H28F2N2O7/c1-38-22-12-8-20(9-13-22)30(19-6-4-3-5-7-19,21-10-14-23(39-2)15-11-21)40-26-25(31)27(41-29(26,32)18-35)34-17-16-24(36)33-28(34)37/h3-17,25-27,35H,18H2,1-2H3,(H,33,36,37)/t25-,26-,27+,29+/m0/s1. The Morgan fingerprint density at radius 2 is 1.44 bits per heavy atom. The summed E-state index contributed by atoms with van der Waals surface area (Å²) in [4.78, 5) is 26.0. The quantitative estimate of drug-likeness (QED) is 0.299. The van der Waals surface area contributed by atoms with Gasteiger partial charge < -0.3 is 24.1 Å². The van der Waals surface area contributed by atoms with Crippen LogP contribution in [0.5, 0.6) is 11.5 Å². The molecule has 0 spiro atoms. The number of ether oxygens (including phenoxy) is 4. The van der Waals surface area contributed by atoms with Crippen LogP contribution in [0.15, 0.2) is 101 Å². The summed E-state index contributed by atoms with van der Waals surface area (Å²) >= 11 is 0. The summed E-state index contributed by atoms with van der Waals surface area (Å²) < 4.78 is 55.9. The number of aromatic amines is 1. The van der Waals surface area contributed by atoms with Crippen LogP contribution in [0, 0.1) is 0 Å². The number of nitrogens with zero attached hydrogens (tertiary/aromatic N) is 1. The molecule has 0 saturated carbocycles. The zero-order chi connectivity index (χ0) is 29.2. The molecule has 1 aliphatic heterocycles. The van der Waals surface area contributed by atoms with E-state index in [-0.39, 0.29) is 0 Å². The predicted molar refractivity (Wildman–Crippen MR) is 144 cm³/mol. The third kappa shape index (κ3) is 5.03. The lowest BCUT2D eigenvalue weighted by atomic mass is 9.79. The number of benzene rings is 3. The summed E-state index contributed by atoms with van der Waals surface area (Å²) in [7, 11) is 3.03. The summed E-state index contributed by atoms with van der Waals surface area (Å²) in [5.74, 6) is -1.98. The van der Waals surface area contributed by atoms with Crippen LogP contribution in [0.3, 0.4) is 0 Å². The number of hydrogen-bond acceptors (Lipinski definition) is 7. The van der Waals surface area contributed by atoms with E-state index in [1.807, 2.05) is 4.98 Å². The highest BCUT2D eigenvalue weighted by Crippen LogP contribution is 2.49. The third-order valence-electron chi connectivity index (χ3n) is 7.12. The minimum absolute atomic E-state index is 0.492. The van der Waals surface area contributed by atoms with Gasteiger partial charge in [-0.3, -0.25) is 14.3 Å². The molecule has 2 heterocycles. The largest absolute Gasteiger partial charge is 0.497 e. The van der Waals surface area contributed by atoms with E-state index in [0.29, 0.717) is 32.8 Å². The van der Waals surface area contributed by atoms with E-state index in [4.69, 9.17) is 18.9 Å². The second-order valence-electron chi connectivity index (χ2n) is 9.46. The summed E-state index contributed by atoms with van der Waals surface area (Å²) in [5, 5.41) is 10.1. The van der Waals surface area contributed by atoms with Crippen molar-refractivity contribution in [3.8, 4) is 11.5 Å². The first-order valence-corrected chi connectivity index (χ1v) is 12.7. The van der Waals surface area contributed by atoms with Gasteiger partial charge in [0.25, 0.3) is 11.4 Å². The van der Waals surface area contributed by atoms with Crippen molar-refractivity contribution in [1.29, 1.82) is 0 Å². The van der Waals surface area contributed by atoms with Crippen molar-refractivity contribution < 1.29 is 32.8 Å². The van der Waals surface area contributed by atoms with Gasteiger partial charge in [0.2, 0.25) is 0 Å². The number of aliphatic hydroxyl groups is 1. The molecule has 4 atom stereocenters. The van der Waals surface area contributed by atoms with E-state index in [1.165, 1.54) is 14.2 Å². The number of rotatable bonds is 9. The molecule has 1 aromatic heterocycles. The molecule has 3 aromatic carbocycles. The molecule has 41 heavy (non-hydrogen) atoms. The van der Waals surface area contributed by atoms with E-state index in [2.05, 4.69) is 0 Å². The zero-order valence-corrected chi connectivity index (χ0v) is 22.2. The highest BCUT2D eigenvalue weighted by atomic mass is 19.2. The number of H-pyrrole nitrogens is 1. The van der Waals surface area contributed by atoms with Crippen LogP contribution in [-0.2, 0) is 15.1 Å². The van der Waals surface area contributed by atoms with Gasteiger partial charge in [-0.05, 0) is 41.0 Å². The number of aromatic nitrogens is 2. The lowest BCUT2D eigenvalue weighted by Gasteiger charge is -2.40. The van der Waals surface area contributed by atoms with Crippen LogP contribution in [-0.4, -0.2) is 53.6 Å². The molecule has 214 valence electrons. The van der Waals surface area contributed by atoms with Crippen LogP contribution in [0.2, 0.25) is 0 Å². The van der Waals surface area contributed by atoms with Gasteiger partial charge >= 0.3 is 5.69 Å². The average Bonchev–Trinajstić information content (AvgIpc) is 3.25. The Balaban J connectivity index is 1.72. The van der Waals surface area contributed by atoms with Gasteiger partial charge in [-0.15, -0.1) is 0 Å². The molecular weight excluding hydrogens is 538 g/mol. The Hall–Kier alpha value is -4.32. The van der Waals surface area contributed by atoms with Crippen molar-refractivity contribution in [3.05, 3.63) is 129 Å². The van der Waals surface area contributed by atoms with E-state index < -0.39 is 47.8 Å². The minimum Gasteiger partial charge on any atom is -0.497 e. The summed E-state index contributed by atoms with van der Waals surface area (Å²) in [6, 6.07) is 23.4. The van der Waals surface area contributed by atoms with Crippen molar-refractivity contribution in [1.82, 2.24) is 9.55 Å². The number of methoxy groups -OCH3 is 2. The van der Waals surface area contributed by atoms with Crippen molar-refractivity contribution >= 4 is 0 Å². The number of nitrogens with one attached hydrogen (secondary N) is 1. The lowest BCUT2D eigenvalue weighted by Crippen LogP contribution is -2.49. The Morgan fingerprint density at radius 3 is 1.93 bits per heavy atom. The highest BCUT2D eigenvalue weighted by molar-refractivity contribution is 5.50. The van der Waals surface area contributed by atoms with Crippen LogP contribution in [0.4, 0.5) is 8.78 Å². The number of aliphatic hydroxyl groups excluding tert-OH is 1. The van der Waals surface area contributed by atoms with Gasteiger partial charge in [0.1, 0.15) is 23.7 Å². The monoisotopic (exact) mass is 566 g/mol. The normalized spacial score (nSPS) is 22.4. The minimum atomic E-state index is -3.07. The molecule has 1 aliphatic rings. The van der Waals surface area contributed by atoms with E-state index >= 15 is 8.78 Å². The maximum atomic E-state index is 16.4. The van der Waals surface area contributed by atoms with E-state index in [9.17, 15) is 14.7 Å². The predicted octanol–water partition coefficient (Wildman–Crippen LogP) is 3.46. The second-order valence-corrected chi connectivity index (χ2v) is 9.46. The molecule has 0 radical (unpaired) electrons. The van der Waals surface area contributed by atoms with Gasteiger partial charge in [-0.25, -0.2) is 13.6 Å². The van der Waals surface area contributed by atoms with Crippen molar-refractivity contribution in [2.24, 2.45) is 0 Å². The SMILES string of the molecule is COc1ccc(C(O[C@H]2[C@H](F)[C@H](n3ccc(=O)[nH]c3=O)O[C@]2(F)CO)(c2ccccc2)c2ccc(OC)cc2)cc1. The summed E-state index contributed by atoms with van der Waals surface area (Å²) in [5.41, 5.74) is -1.87. The number of halogens is 2. The molecule has 0 unspecified atom stereocenters. The van der Waals surface area contributed by atoms with Crippen molar-refractivity contribution in [3.63, 3.8) is 0 Å². The smallest absolute Gasteiger partial charge is 0.330 e. The second kappa shape index (κ2) is 11.3. The van der Waals surface area contributed by atoms with Crippen LogP contribution in [0.1, 0.15) is 22.9 Å². The van der Waals surface area contributed by atoms with Crippen LogP contribution >= 0.6 is 0 Å². The molecule has 5 rings (SSSR count). The molecular formula is C30H28F2N2O7. The molecule has 11 heteroatoms. The van der Waals surface area contributed by atoms with Gasteiger partial charge in [-0.2, -0.15) is 0 Å². The number of alkyl halides is 2. The summed E-state index contributed by atoms with van der Waals surface area (Å²) in [6.45, 7) is -1.28. The van der Waals surface area contributed by atoms with Crippen LogP contribution in [0.25, 0.3) is 0 Å². The van der Waals surface area contributed by atoms with E-state index in [0.717, 1.165) is 12.3 Å². The fourth-order valence-electron chi connectivity index (χ4n) is 5.06. The Morgan fingerprint density at radius 1 is 0.902 bits per heavy atom. The Labute approximate surface area is 233 Å². The molecule has 4 aromatic rings. The van der Waals surface area contributed by atoms with Gasteiger partial charge in [0, 0.05) is 12.3 Å². The molecule has 9 nitrogen and oxygen atoms in total. The summed E-state index contributed by atoms with van der Waals surface area (Å²) in [6.07, 6.45) is -5.19. The maximum Gasteiger partial charge on any atom is 0.330 e. The molecule has 0 bridgehead atoms. The first-order valence-electron chi connectivity index (χ1n) is 12.7. The topological polar surface area (TPSA) is 112 Å². The molecule has 0 aliphatic carbocycles. The highest BCUT2D eigenvalue weighted by Gasteiger charge is 2.61. The van der Waals surface area contributed by atoms with Gasteiger partial charge in [0.05, 0.1) is 14.2 Å². The van der Waals surface area contributed by atoms with Crippen molar-refractivity contribution in [2.75, 3.05) is 20.8 Å². The fourth-order valence-corrected chi connectivity index (χ4v) is 5.06. The fraction of sp³-hybridized carbons (Fsp3) is 0.267. The van der Waals surface area contributed by atoms with E-state index in [1.54, 1.807) is 78.9 Å². The van der Waals surface area contributed by atoms with Gasteiger partial charge in [-0.1, -0.05) is 54.6 Å². The van der Waals surface area contributed by atoms with Crippen LogP contribution < -0.4 is 20.7 Å². The lowest BCUT2D eigenvalue weighted by molar-refractivity contribution is -0.231. The zero-order valence-electron chi connectivity index (χ0n) is 22.2. The Bertz CT molecular complexity index is 1540. The van der Waals surface area contributed by atoms with Gasteiger partial charge in [0.15, 0.2) is 18.5 Å².